The van der Waals surface area contributed by atoms with E-state index in [0.29, 0.717) is 5.92 Å². The Hall–Kier alpha value is -1.30. The van der Waals surface area contributed by atoms with Crippen molar-refractivity contribution in [2.45, 2.75) is 66.2 Å². The highest BCUT2D eigenvalue weighted by molar-refractivity contribution is 5.74. The van der Waals surface area contributed by atoms with Crippen molar-refractivity contribution in [2.75, 3.05) is 0 Å². The summed E-state index contributed by atoms with van der Waals surface area (Å²) in [6.07, 6.45) is 7.69. The van der Waals surface area contributed by atoms with Crippen LogP contribution in [-0.2, 0) is 11.8 Å². The van der Waals surface area contributed by atoms with Gasteiger partial charge in [-0.2, -0.15) is 0 Å². The summed E-state index contributed by atoms with van der Waals surface area (Å²) in [5, 5.41) is 0. The quantitative estimate of drug-likeness (QED) is 0.498. The molecule has 1 aromatic rings. The molecule has 0 radical (unpaired) electrons. The van der Waals surface area contributed by atoms with Crippen molar-refractivity contribution >= 4 is 5.57 Å². The summed E-state index contributed by atoms with van der Waals surface area (Å²) in [5.74, 6) is 0.710. The number of rotatable bonds is 7. The molecule has 1 rings (SSSR count). The Morgan fingerprint density at radius 2 is 1.95 bits per heavy atom. The fraction of sp³-hybridized carbons (Fsp3) is 0.524. The molecule has 0 aliphatic rings. The second-order valence-electron chi connectivity index (χ2n) is 6.85. The van der Waals surface area contributed by atoms with Gasteiger partial charge in [-0.1, -0.05) is 78.0 Å². The van der Waals surface area contributed by atoms with Gasteiger partial charge >= 0.3 is 0 Å². The molecule has 0 aliphatic carbocycles. The maximum Gasteiger partial charge on any atom is -0.0106 e. The summed E-state index contributed by atoms with van der Waals surface area (Å²) >= 11 is 0. The van der Waals surface area contributed by atoms with E-state index in [9.17, 15) is 0 Å². The maximum atomic E-state index is 4.23. The standard InChI is InChI=1S/C21H32/c1-8-11-17(5)20-13-12-19(21(6,7)10-3)15-18(20)14-16(4)9-2/h8,11-13,15-16H,5,9-10,14H2,1-4,6-7H3/b11-8-. The third-order valence-electron chi connectivity index (χ3n) is 4.75. The minimum absolute atomic E-state index is 0.241. The van der Waals surface area contributed by atoms with Crippen molar-refractivity contribution in [1.29, 1.82) is 0 Å². The zero-order chi connectivity index (χ0) is 16.0. The second kappa shape index (κ2) is 7.64. The predicted octanol–water partition coefficient (Wildman–Crippen LogP) is 6.55. The first-order valence-electron chi connectivity index (χ1n) is 8.31. The van der Waals surface area contributed by atoms with E-state index in [4.69, 9.17) is 0 Å². The van der Waals surface area contributed by atoms with Gasteiger partial charge < -0.3 is 0 Å². The lowest BCUT2D eigenvalue weighted by Crippen LogP contribution is -2.16. The minimum Gasteiger partial charge on any atom is -0.0912 e. The normalized spacial score (nSPS) is 13.6. The largest absolute Gasteiger partial charge is 0.0912 e. The average molecular weight is 284 g/mol. The van der Waals surface area contributed by atoms with Gasteiger partial charge in [0.2, 0.25) is 0 Å². The first-order chi connectivity index (χ1) is 9.85. The summed E-state index contributed by atoms with van der Waals surface area (Å²) in [4.78, 5) is 0. The van der Waals surface area contributed by atoms with E-state index in [-0.39, 0.29) is 5.41 Å². The van der Waals surface area contributed by atoms with Gasteiger partial charge in [-0.25, -0.2) is 0 Å². The Balaban J connectivity index is 3.29. The van der Waals surface area contributed by atoms with Crippen molar-refractivity contribution in [2.24, 2.45) is 5.92 Å². The van der Waals surface area contributed by atoms with Gasteiger partial charge in [0.05, 0.1) is 0 Å². The van der Waals surface area contributed by atoms with Gasteiger partial charge in [0.1, 0.15) is 0 Å². The fourth-order valence-electron chi connectivity index (χ4n) is 2.51. The third kappa shape index (κ3) is 4.59. The molecule has 0 heteroatoms. The van der Waals surface area contributed by atoms with Crippen molar-refractivity contribution < 1.29 is 0 Å². The molecule has 0 amide bonds. The molecule has 1 unspecified atom stereocenters. The first-order valence-corrected chi connectivity index (χ1v) is 8.31. The summed E-state index contributed by atoms with van der Waals surface area (Å²) in [6, 6.07) is 6.97. The molecule has 0 aliphatic heterocycles. The fourth-order valence-corrected chi connectivity index (χ4v) is 2.51. The van der Waals surface area contributed by atoms with E-state index in [1.807, 2.05) is 6.92 Å². The van der Waals surface area contributed by atoms with Gasteiger partial charge in [-0.3, -0.25) is 0 Å². The van der Waals surface area contributed by atoms with Crippen molar-refractivity contribution in [3.63, 3.8) is 0 Å². The molecule has 0 N–H and O–H groups in total. The molecule has 0 saturated carbocycles. The Morgan fingerprint density at radius 1 is 1.29 bits per heavy atom. The first kappa shape index (κ1) is 17.8. The SMILES string of the molecule is C=C(/C=C\C)c1ccc(C(C)(C)CC)cc1CC(C)CC. The molecule has 21 heavy (non-hydrogen) atoms. The molecule has 0 spiro atoms. The Labute approximate surface area is 132 Å². The Bertz CT molecular complexity index is 503. The van der Waals surface area contributed by atoms with Gasteiger partial charge in [0.25, 0.3) is 0 Å². The highest BCUT2D eigenvalue weighted by Crippen LogP contribution is 2.31. The molecule has 1 atom stereocenters. The van der Waals surface area contributed by atoms with E-state index in [1.54, 1.807) is 0 Å². The predicted molar refractivity (Wildman–Crippen MR) is 96.8 cm³/mol. The van der Waals surface area contributed by atoms with Gasteiger partial charge in [-0.15, -0.1) is 0 Å². The zero-order valence-electron chi connectivity index (χ0n) is 14.8. The van der Waals surface area contributed by atoms with Crippen LogP contribution in [0, 0.1) is 5.92 Å². The Morgan fingerprint density at radius 3 is 2.48 bits per heavy atom. The molecular formula is C21H32. The van der Waals surface area contributed by atoms with Crippen LogP contribution in [-0.4, -0.2) is 0 Å². The topological polar surface area (TPSA) is 0 Å². The van der Waals surface area contributed by atoms with E-state index >= 15 is 0 Å². The summed E-state index contributed by atoms with van der Waals surface area (Å²) in [7, 11) is 0. The molecule has 0 nitrogen and oxygen atoms in total. The second-order valence-corrected chi connectivity index (χ2v) is 6.85. The summed E-state index contributed by atoms with van der Waals surface area (Å²) in [5.41, 5.74) is 5.57. The number of hydrogen-bond donors (Lipinski definition) is 0. The molecule has 0 fully saturated rings. The molecular weight excluding hydrogens is 252 g/mol. The van der Waals surface area contributed by atoms with Crippen molar-refractivity contribution in [3.8, 4) is 0 Å². The monoisotopic (exact) mass is 284 g/mol. The van der Waals surface area contributed by atoms with Crippen LogP contribution < -0.4 is 0 Å². The lowest BCUT2D eigenvalue weighted by Gasteiger charge is -2.25. The molecule has 0 heterocycles. The highest BCUT2D eigenvalue weighted by Gasteiger charge is 2.20. The van der Waals surface area contributed by atoms with Crippen LogP contribution >= 0.6 is 0 Å². The minimum atomic E-state index is 0.241. The van der Waals surface area contributed by atoms with Crippen molar-refractivity contribution in [1.82, 2.24) is 0 Å². The molecule has 116 valence electrons. The van der Waals surface area contributed by atoms with Crippen LogP contribution in [0.3, 0.4) is 0 Å². The van der Waals surface area contributed by atoms with Crippen molar-refractivity contribution in [3.05, 3.63) is 53.6 Å². The number of allylic oxidation sites excluding steroid dienone is 3. The number of hydrogen-bond acceptors (Lipinski definition) is 0. The molecule has 0 aromatic heterocycles. The van der Waals surface area contributed by atoms with Crippen LogP contribution in [0.5, 0.6) is 0 Å². The van der Waals surface area contributed by atoms with Crippen LogP contribution in [0.4, 0.5) is 0 Å². The van der Waals surface area contributed by atoms with E-state index in [2.05, 4.69) is 71.5 Å². The molecule has 0 saturated heterocycles. The lowest BCUT2D eigenvalue weighted by atomic mass is 9.79. The highest BCUT2D eigenvalue weighted by atomic mass is 14.2. The van der Waals surface area contributed by atoms with Crippen LogP contribution in [0.15, 0.2) is 36.9 Å². The smallest absolute Gasteiger partial charge is 0.0106 e. The van der Waals surface area contributed by atoms with Gasteiger partial charge in [0, 0.05) is 0 Å². The lowest BCUT2D eigenvalue weighted by molar-refractivity contribution is 0.503. The summed E-state index contributed by atoms with van der Waals surface area (Å²) in [6.45, 7) is 17.8. The van der Waals surface area contributed by atoms with E-state index in [0.717, 1.165) is 18.4 Å². The van der Waals surface area contributed by atoms with Crippen LogP contribution in [0.25, 0.3) is 5.57 Å². The summed E-state index contributed by atoms with van der Waals surface area (Å²) < 4.78 is 0. The third-order valence-corrected chi connectivity index (χ3v) is 4.75. The average Bonchev–Trinajstić information content (AvgIpc) is 2.47. The van der Waals surface area contributed by atoms with Gasteiger partial charge in [0.15, 0.2) is 0 Å². The van der Waals surface area contributed by atoms with E-state index in [1.165, 1.54) is 23.1 Å². The van der Waals surface area contributed by atoms with Crippen LogP contribution in [0.2, 0.25) is 0 Å². The zero-order valence-corrected chi connectivity index (χ0v) is 14.8. The number of benzene rings is 1. The molecule has 0 bridgehead atoms. The molecule has 1 aromatic carbocycles. The van der Waals surface area contributed by atoms with E-state index < -0.39 is 0 Å². The maximum absolute atomic E-state index is 4.23. The Kier molecular flexibility index (Phi) is 6.45. The van der Waals surface area contributed by atoms with Crippen LogP contribution in [0.1, 0.15) is 71.1 Å². The van der Waals surface area contributed by atoms with Gasteiger partial charge in [-0.05, 0) is 53.4 Å².